The second kappa shape index (κ2) is 4.17. The molecule has 0 saturated carbocycles. The summed E-state index contributed by atoms with van der Waals surface area (Å²) in [6.07, 6.45) is 3.75. The minimum absolute atomic E-state index is 0.994. The van der Waals surface area contributed by atoms with E-state index in [1.54, 1.807) is 0 Å². The Hall–Kier alpha value is -2.68. The van der Waals surface area contributed by atoms with E-state index in [0.29, 0.717) is 0 Å². The van der Waals surface area contributed by atoms with Crippen LogP contribution in [0.1, 0.15) is 5.56 Å². The number of rotatable bonds is 1. The maximum atomic E-state index is 4.52. The van der Waals surface area contributed by atoms with Crippen LogP contribution in [0.3, 0.4) is 0 Å². The fraction of sp³-hybridized carbons (Fsp3) is 0.0588. The Morgan fingerprint density at radius 2 is 1.70 bits per heavy atom. The molecule has 0 fully saturated rings. The van der Waals surface area contributed by atoms with Crippen LogP contribution in [0, 0.1) is 6.92 Å². The van der Waals surface area contributed by atoms with Crippen LogP contribution in [-0.4, -0.2) is 14.8 Å². The minimum Gasteiger partial charge on any atom is -0.255 e. The highest BCUT2D eigenvalue weighted by molar-refractivity contribution is 6.03. The zero-order valence-electron chi connectivity index (χ0n) is 11.1. The summed E-state index contributed by atoms with van der Waals surface area (Å²) in [5, 5.41) is 6.71. The summed E-state index contributed by atoms with van der Waals surface area (Å²) in [5.41, 5.74) is 4.42. The first-order chi connectivity index (χ1) is 9.83. The Kier molecular flexibility index (Phi) is 2.33. The molecule has 2 heterocycles. The van der Waals surface area contributed by atoms with Gasteiger partial charge in [0, 0.05) is 17.0 Å². The van der Waals surface area contributed by atoms with Gasteiger partial charge in [0.15, 0.2) is 0 Å². The summed E-state index contributed by atoms with van der Waals surface area (Å²) in [6.45, 7) is 2.09. The SMILES string of the molecule is Cc1ccc(-n2ncc3cnc4ccccc4c32)cc1. The second-order valence-electron chi connectivity index (χ2n) is 4.97. The molecule has 0 saturated heterocycles. The van der Waals surface area contributed by atoms with Crippen molar-refractivity contribution < 1.29 is 0 Å². The smallest absolute Gasteiger partial charge is 0.0850 e. The number of pyridine rings is 1. The molecule has 0 aliphatic carbocycles. The number of fused-ring (bicyclic) bond motifs is 3. The molecule has 3 nitrogen and oxygen atoms in total. The molecule has 96 valence electrons. The summed E-state index contributed by atoms with van der Waals surface area (Å²) in [5.74, 6) is 0. The van der Waals surface area contributed by atoms with Gasteiger partial charge in [0.2, 0.25) is 0 Å². The molecule has 2 aromatic carbocycles. The van der Waals surface area contributed by atoms with Gasteiger partial charge in [-0.2, -0.15) is 5.10 Å². The highest BCUT2D eigenvalue weighted by Crippen LogP contribution is 2.25. The molecule has 2 aromatic heterocycles. The molecule has 0 amide bonds. The van der Waals surface area contributed by atoms with Crippen molar-refractivity contribution in [2.75, 3.05) is 0 Å². The summed E-state index contributed by atoms with van der Waals surface area (Å²) in [6, 6.07) is 16.6. The first-order valence-corrected chi connectivity index (χ1v) is 6.61. The van der Waals surface area contributed by atoms with Crippen LogP contribution >= 0.6 is 0 Å². The number of para-hydroxylation sites is 1. The molecule has 0 aliphatic rings. The third kappa shape index (κ3) is 1.60. The fourth-order valence-electron chi connectivity index (χ4n) is 2.53. The van der Waals surface area contributed by atoms with Crippen LogP contribution in [0.25, 0.3) is 27.5 Å². The van der Waals surface area contributed by atoms with Crippen molar-refractivity contribution in [1.29, 1.82) is 0 Å². The number of aryl methyl sites for hydroxylation is 1. The Bertz CT molecular complexity index is 904. The summed E-state index contributed by atoms with van der Waals surface area (Å²) in [7, 11) is 0. The van der Waals surface area contributed by atoms with Crippen molar-refractivity contribution in [2.24, 2.45) is 0 Å². The van der Waals surface area contributed by atoms with Crippen molar-refractivity contribution >= 4 is 21.8 Å². The Balaban J connectivity index is 2.09. The second-order valence-corrected chi connectivity index (χ2v) is 4.97. The highest BCUT2D eigenvalue weighted by atomic mass is 15.3. The van der Waals surface area contributed by atoms with Crippen molar-refractivity contribution in [3.63, 3.8) is 0 Å². The molecular formula is C17H13N3. The lowest BCUT2D eigenvalue weighted by molar-refractivity contribution is 0.912. The zero-order valence-corrected chi connectivity index (χ0v) is 11.1. The van der Waals surface area contributed by atoms with Crippen LogP contribution < -0.4 is 0 Å². The molecule has 0 N–H and O–H groups in total. The van der Waals surface area contributed by atoms with Gasteiger partial charge in [-0.1, -0.05) is 35.9 Å². The van der Waals surface area contributed by atoms with Crippen molar-refractivity contribution in [3.05, 3.63) is 66.5 Å². The highest BCUT2D eigenvalue weighted by Gasteiger charge is 2.09. The summed E-state index contributed by atoms with van der Waals surface area (Å²) >= 11 is 0. The average Bonchev–Trinajstić information content (AvgIpc) is 2.92. The molecule has 0 atom stereocenters. The van der Waals surface area contributed by atoms with Gasteiger partial charge in [-0.25, -0.2) is 4.68 Å². The van der Waals surface area contributed by atoms with Gasteiger partial charge in [0.25, 0.3) is 0 Å². The molecule has 4 rings (SSSR count). The lowest BCUT2D eigenvalue weighted by Crippen LogP contribution is -1.96. The largest absolute Gasteiger partial charge is 0.255 e. The average molecular weight is 259 g/mol. The molecule has 0 spiro atoms. The Morgan fingerprint density at radius 1 is 0.900 bits per heavy atom. The van der Waals surface area contributed by atoms with Gasteiger partial charge in [-0.15, -0.1) is 0 Å². The van der Waals surface area contributed by atoms with Crippen molar-refractivity contribution in [3.8, 4) is 5.69 Å². The van der Waals surface area contributed by atoms with Crippen LogP contribution in [0.2, 0.25) is 0 Å². The molecule has 3 heteroatoms. The maximum Gasteiger partial charge on any atom is 0.0850 e. The van der Waals surface area contributed by atoms with Gasteiger partial charge in [0.05, 0.1) is 22.9 Å². The van der Waals surface area contributed by atoms with E-state index in [-0.39, 0.29) is 0 Å². The van der Waals surface area contributed by atoms with E-state index in [4.69, 9.17) is 0 Å². The van der Waals surface area contributed by atoms with E-state index in [1.165, 1.54) is 5.56 Å². The normalized spacial score (nSPS) is 11.2. The van der Waals surface area contributed by atoms with Crippen LogP contribution in [0.4, 0.5) is 0 Å². The first kappa shape index (κ1) is 11.2. The predicted octanol–water partition coefficient (Wildman–Crippen LogP) is 3.88. The van der Waals surface area contributed by atoms with E-state index >= 15 is 0 Å². The summed E-state index contributed by atoms with van der Waals surface area (Å²) < 4.78 is 1.98. The van der Waals surface area contributed by atoms with Gasteiger partial charge >= 0.3 is 0 Å². The third-order valence-electron chi connectivity index (χ3n) is 3.58. The number of benzene rings is 2. The summed E-state index contributed by atoms with van der Waals surface area (Å²) in [4.78, 5) is 4.48. The van der Waals surface area contributed by atoms with E-state index in [1.807, 2.05) is 35.3 Å². The number of hydrogen-bond donors (Lipinski definition) is 0. The molecule has 0 bridgehead atoms. The van der Waals surface area contributed by atoms with Crippen LogP contribution in [0.5, 0.6) is 0 Å². The first-order valence-electron chi connectivity index (χ1n) is 6.61. The quantitative estimate of drug-likeness (QED) is 0.519. The van der Waals surface area contributed by atoms with Gasteiger partial charge in [-0.05, 0) is 25.1 Å². The van der Waals surface area contributed by atoms with Crippen molar-refractivity contribution in [2.45, 2.75) is 6.92 Å². The molecule has 0 radical (unpaired) electrons. The number of aromatic nitrogens is 3. The van der Waals surface area contributed by atoms with Gasteiger partial charge in [0.1, 0.15) is 0 Å². The van der Waals surface area contributed by atoms with Crippen LogP contribution in [-0.2, 0) is 0 Å². The maximum absolute atomic E-state index is 4.52. The monoisotopic (exact) mass is 259 g/mol. The molecule has 0 unspecified atom stereocenters. The van der Waals surface area contributed by atoms with E-state index in [0.717, 1.165) is 27.5 Å². The molecule has 20 heavy (non-hydrogen) atoms. The standard InChI is InChI=1S/C17H13N3/c1-12-6-8-14(9-7-12)20-17-13(11-19-20)10-18-16-5-3-2-4-15(16)17/h2-11H,1H3. The Labute approximate surface area is 116 Å². The van der Waals surface area contributed by atoms with E-state index in [2.05, 4.69) is 47.3 Å². The van der Waals surface area contributed by atoms with Crippen LogP contribution in [0.15, 0.2) is 60.9 Å². The number of hydrogen-bond acceptors (Lipinski definition) is 2. The fourth-order valence-corrected chi connectivity index (χ4v) is 2.53. The molecule has 4 aromatic rings. The topological polar surface area (TPSA) is 30.7 Å². The lowest BCUT2D eigenvalue weighted by atomic mass is 10.1. The Morgan fingerprint density at radius 3 is 2.55 bits per heavy atom. The van der Waals surface area contributed by atoms with Crippen molar-refractivity contribution in [1.82, 2.24) is 14.8 Å². The van der Waals surface area contributed by atoms with Gasteiger partial charge < -0.3 is 0 Å². The molecule has 0 aliphatic heterocycles. The van der Waals surface area contributed by atoms with E-state index < -0.39 is 0 Å². The molecular weight excluding hydrogens is 246 g/mol. The van der Waals surface area contributed by atoms with Gasteiger partial charge in [-0.3, -0.25) is 4.98 Å². The number of nitrogens with zero attached hydrogens (tertiary/aromatic N) is 3. The predicted molar refractivity (Wildman–Crippen MR) is 81.1 cm³/mol. The van der Waals surface area contributed by atoms with E-state index in [9.17, 15) is 0 Å². The third-order valence-corrected chi connectivity index (χ3v) is 3.58. The zero-order chi connectivity index (χ0) is 13.5. The minimum atomic E-state index is 0.994. The lowest BCUT2D eigenvalue weighted by Gasteiger charge is -2.06.